The lowest BCUT2D eigenvalue weighted by molar-refractivity contribution is -0.132. The molecular formula is C23H29N5O. The Balaban J connectivity index is 1.56. The van der Waals surface area contributed by atoms with Gasteiger partial charge in [0.05, 0.1) is 11.1 Å². The van der Waals surface area contributed by atoms with Crippen LogP contribution in [0, 0.1) is 22.7 Å². The van der Waals surface area contributed by atoms with E-state index in [1.165, 1.54) is 0 Å². The maximum Gasteiger partial charge on any atom is 0.226 e. The van der Waals surface area contributed by atoms with Crippen LogP contribution < -0.4 is 15.5 Å². The van der Waals surface area contributed by atoms with Crippen LogP contribution >= 0.6 is 0 Å². The molecular weight excluding hydrogens is 362 g/mol. The van der Waals surface area contributed by atoms with E-state index in [0.29, 0.717) is 11.5 Å². The fourth-order valence-corrected chi connectivity index (χ4v) is 4.74. The largest absolute Gasteiger partial charge is 0.369 e. The van der Waals surface area contributed by atoms with Crippen LogP contribution in [-0.2, 0) is 4.79 Å². The molecule has 2 aromatic rings. The number of aromatic nitrogens is 1. The Morgan fingerprint density at radius 2 is 2.10 bits per heavy atom. The van der Waals surface area contributed by atoms with Gasteiger partial charge in [0.1, 0.15) is 6.07 Å². The van der Waals surface area contributed by atoms with Gasteiger partial charge in [-0.2, -0.15) is 5.26 Å². The highest BCUT2D eigenvalue weighted by molar-refractivity contribution is 5.95. The van der Waals surface area contributed by atoms with Crippen molar-refractivity contribution in [2.24, 2.45) is 11.3 Å². The molecule has 0 spiro atoms. The van der Waals surface area contributed by atoms with Gasteiger partial charge in [-0.15, -0.1) is 0 Å². The predicted molar refractivity (Wildman–Crippen MR) is 115 cm³/mol. The number of carbonyl (C=O) groups excluding carboxylic acids is 1. The Kier molecular flexibility index (Phi) is 5.42. The van der Waals surface area contributed by atoms with Crippen LogP contribution in [-0.4, -0.2) is 43.1 Å². The van der Waals surface area contributed by atoms with Crippen molar-refractivity contribution in [1.29, 1.82) is 5.26 Å². The molecule has 2 aliphatic rings. The van der Waals surface area contributed by atoms with Gasteiger partial charge in [0.25, 0.3) is 0 Å². The van der Waals surface area contributed by atoms with E-state index in [9.17, 15) is 10.1 Å². The minimum Gasteiger partial charge on any atom is -0.369 e. The smallest absolute Gasteiger partial charge is 0.226 e. The van der Waals surface area contributed by atoms with E-state index in [4.69, 9.17) is 0 Å². The first-order chi connectivity index (χ1) is 14.0. The van der Waals surface area contributed by atoms with Crippen LogP contribution in [0.25, 0.3) is 10.9 Å². The lowest BCUT2D eigenvalue weighted by Crippen LogP contribution is -2.54. The molecule has 2 atom stereocenters. The molecule has 29 heavy (non-hydrogen) atoms. The summed E-state index contributed by atoms with van der Waals surface area (Å²) in [4.78, 5) is 19.8. The van der Waals surface area contributed by atoms with Gasteiger partial charge in [-0.1, -0.05) is 13.8 Å². The van der Waals surface area contributed by atoms with Crippen LogP contribution in [0.3, 0.4) is 0 Å². The molecule has 2 aliphatic heterocycles. The summed E-state index contributed by atoms with van der Waals surface area (Å²) in [5, 5.41) is 17.1. The molecule has 1 aromatic heterocycles. The SMILES string of the molecule is C[C@H]1C[C@@H](NC(=O)C2(C)CCNCC2)CN(c2ccc(C#N)c3ncccc23)C1. The zero-order chi connectivity index (χ0) is 20.4. The summed E-state index contributed by atoms with van der Waals surface area (Å²) >= 11 is 0. The molecule has 2 saturated heterocycles. The number of hydrogen-bond acceptors (Lipinski definition) is 5. The van der Waals surface area contributed by atoms with Gasteiger partial charge >= 0.3 is 0 Å². The zero-order valence-electron chi connectivity index (χ0n) is 17.2. The molecule has 1 amide bonds. The van der Waals surface area contributed by atoms with Crippen molar-refractivity contribution in [3.8, 4) is 6.07 Å². The summed E-state index contributed by atoms with van der Waals surface area (Å²) in [6, 6.07) is 10.2. The van der Waals surface area contributed by atoms with Crippen molar-refractivity contribution in [2.45, 2.75) is 39.2 Å². The number of nitrogens with zero attached hydrogens (tertiary/aromatic N) is 3. The molecule has 1 aromatic carbocycles. The summed E-state index contributed by atoms with van der Waals surface area (Å²) in [5.74, 6) is 0.654. The third-order valence-corrected chi connectivity index (χ3v) is 6.46. The first kappa shape index (κ1) is 19.7. The van der Waals surface area contributed by atoms with E-state index >= 15 is 0 Å². The fourth-order valence-electron chi connectivity index (χ4n) is 4.74. The predicted octanol–water partition coefficient (Wildman–Crippen LogP) is 2.83. The Bertz CT molecular complexity index is 944. The first-order valence-corrected chi connectivity index (χ1v) is 10.5. The number of nitrogens with one attached hydrogen (secondary N) is 2. The molecule has 2 N–H and O–H groups in total. The molecule has 6 heteroatoms. The third-order valence-electron chi connectivity index (χ3n) is 6.46. The normalized spacial score (nSPS) is 24.1. The van der Waals surface area contributed by atoms with Crippen molar-refractivity contribution in [1.82, 2.24) is 15.6 Å². The molecule has 3 heterocycles. The van der Waals surface area contributed by atoms with Gasteiger partial charge in [-0.3, -0.25) is 9.78 Å². The van der Waals surface area contributed by atoms with Crippen molar-refractivity contribution >= 4 is 22.5 Å². The lowest BCUT2D eigenvalue weighted by atomic mass is 9.79. The highest BCUT2D eigenvalue weighted by Gasteiger charge is 2.37. The maximum absolute atomic E-state index is 13.0. The van der Waals surface area contributed by atoms with Gasteiger partial charge in [0, 0.05) is 41.8 Å². The van der Waals surface area contributed by atoms with Crippen molar-refractivity contribution in [3.63, 3.8) is 0 Å². The van der Waals surface area contributed by atoms with E-state index in [1.54, 1.807) is 6.20 Å². The van der Waals surface area contributed by atoms with Gasteiger partial charge in [0.15, 0.2) is 0 Å². The fraction of sp³-hybridized carbons (Fsp3) is 0.522. The number of carbonyl (C=O) groups is 1. The molecule has 0 bridgehead atoms. The van der Waals surface area contributed by atoms with Crippen LogP contribution in [0.5, 0.6) is 0 Å². The number of piperidine rings is 2. The Labute approximate surface area is 172 Å². The van der Waals surface area contributed by atoms with Crippen LogP contribution in [0.1, 0.15) is 38.7 Å². The van der Waals surface area contributed by atoms with Gasteiger partial charge in [-0.25, -0.2) is 0 Å². The second-order valence-corrected chi connectivity index (χ2v) is 8.87. The standard InChI is InChI=1S/C23H29N5O/c1-16-12-18(27-22(29)23(2)7-10-25-11-8-23)15-28(14-16)20-6-5-17(13-24)21-19(20)4-3-9-26-21/h3-6,9,16,18,25H,7-8,10-12,14-15H2,1-2H3,(H,27,29)/t16-,18+/m0/s1. The second-order valence-electron chi connectivity index (χ2n) is 8.87. The minimum absolute atomic E-state index is 0.125. The van der Waals surface area contributed by atoms with E-state index < -0.39 is 0 Å². The molecule has 6 nitrogen and oxygen atoms in total. The van der Waals surface area contributed by atoms with Crippen LogP contribution in [0.4, 0.5) is 5.69 Å². The summed E-state index contributed by atoms with van der Waals surface area (Å²) in [5.41, 5.74) is 2.15. The monoisotopic (exact) mass is 391 g/mol. The molecule has 0 aliphatic carbocycles. The molecule has 4 rings (SSSR count). The average Bonchev–Trinajstić information content (AvgIpc) is 2.73. The number of pyridine rings is 1. The molecule has 152 valence electrons. The zero-order valence-corrected chi connectivity index (χ0v) is 17.2. The number of benzene rings is 1. The Hall–Kier alpha value is -2.65. The minimum atomic E-state index is -0.276. The Morgan fingerprint density at radius 3 is 2.86 bits per heavy atom. The van der Waals surface area contributed by atoms with Crippen molar-refractivity contribution in [3.05, 3.63) is 36.0 Å². The number of hydrogen-bond donors (Lipinski definition) is 2. The van der Waals surface area contributed by atoms with Gasteiger partial charge in [0.2, 0.25) is 5.91 Å². The van der Waals surface area contributed by atoms with Gasteiger partial charge < -0.3 is 15.5 Å². The summed E-state index contributed by atoms with van der Waals surface area (Å²) in [6.45, 7) is 7.85. The molecule has 0 unspecified atom stereocenters. The molecule has 0 saturated carbocycles. The van der Waals surface area contributed by atoms with Crippen LogP contribution in [0.15, 0.2) is 30.5 Å². The average molecular weight is 392 g/mol. The van der Waals surface area contributed by atoms with Crippen LogP contribution in [0.2, 0.25) is 0 Å². The quantitative estimate of drug-likeness (QED) is 0.841. The highest BCUT2D eigenvalue weighted by atomic mass is 16.2. The molecule has 2 fully saturated rings. The summed E-state index contributed by atoms with van der Waals surface area (Å²) in [7, 11) is 0. The number of rotatable bonds is 3. The number of fused-ring (bicyclic) bond motifs is 1. The summed E-state index contributed by atoms with van der Waals surface area (Å²) in [6.07, 6.45) is 4.49. The van der Waals surface area contributed by atoms with Crippen molar-refractivity contribution in [2.75, 3.05) is 31.1 Å². The summed E-state index contributed by atoms with van der Waals surface area (Å²) < 4.78 is 0. The maximum atomic E-state index is 13.0. The van der Waals surface area contributed by atoms with Crippen molar-refractivity contribution < 1.29 is 4.79 Å². The van der Waals surface area contributed by atoms with E-state index in [0.717, 1.165) is 62.0 Å². The number of nitriles is 1. The lowest BCUT2D eigenvalue weighted by Gasteiger charge is -2.41. The Morgan fingerprint density at radius 1 is 1.31 bits per heavy atom. The second kappa shape index (κ2) is 8.00. The topological polar surface area (TPSA) is 81.0 Å². The number of anilines is 1. The molecule has 0 radical (unpaired) electrons. The van der Waals surface area contributed by atoms with Gasteiger partial charge in [-0.05, 0) is 62.5 Å². The third kappa shape index (κ3) is 3.92. The van der Waals surface area contributed by atoms with E-state index in [2.05, 4.69) is 40.4 Å². The van der Waals surface area contributed by atoms with E-state index in [-0.39, 0.29) is 17.4 Å². The number of amides is 1. The van der Waals surface area contributed by atoms with E-state index in [1.807, 2.05) is 24.3 Å². The highest BCUT2D eigenvalue weighted by Crippen LogP contribution is 2.32. The first-order valence-electron chi connectivity index (χ1n) is 10.5.